The fraction of sp³-hybridized carbons (Fsp3) is 0.357. The summed E-state index contributed by atoms with van der Waals surface area (Å²) in [5.74, 6) is 1.91. The zero-order chi connectivity index (χ0) is 26.1. The first kappa shape index (κ1) is 25.5. The molecule has 2 fully saturated rings. The molecule has 2 aliphatic rings. The molecule has 0 unspecified atom stereocenters. The van der Waals surface area contributed by atoms with Crippen LogP contribution in [0.3, 0.4) is 0 Å². The number of rotatable bonds is 6. The van der Waals surface area contributed by atoms with Crippen LogP contribution in [0.2, 0.25) is 0 Å². The van der Waals surface area contributed by atoms with Crippen LogP contribution in [0.4, 0.5) is 5.82 Å². The van der Waals surface area contributed by atoms with Crippen LogP contribution < -0.4 is 15.2 Å². The molecular weight excluding hydrogens is 504 g/mol. The molecule has 0 aliphatic carbocycles. The lowest BCUT2D eigenvalue weighted by molar-refractivity contribution is -0.122. The summed E-state index contributed by atoms with van der Waals surface area (Å²) < 4.78 is 7.30. The molecule has 0 atom stereocenters. The number of hydrogen-bond acceptors (Lipinski definition) is 7. The predicted molar refractivity (Wildman–Crippen MR) is 153 cm³/mol. The number of thioether (sulfide) groups is 1. The Labute approximate surface area is 226 Å². The summed E-state index contributed by atoms with van der Waals surface area (Å²) in [7, 11) is 1.64. The maximum absolute atomic E-state index is 13.7. The predicted octanol–water partition coefficient (Wildman–Crippen LogP) is 4.69. The van der Waals surface area contributed by atoms with Gasteiger partial charge in [0.25, 0.3) is 11.5 Å². The SMILES string of the molecule is COc1ccc(CCN2C(=O)/C(=C\c3c(N4CCC(C)CC4)nc4ccc(C)cn4c3=O)SC2=S)cc1. The smallest absolute Gasteiger partial charge is 0.267 e. The number of ether oxygens (including phenoxy) is 1. The van der Waals surface area contributed by atoms with Crippen LogP contribution in [-0.4, -0.2) is 51.3 Å². The van der Waals surface area contributed by atoms with Crippen LogP contribution in [0.1, 0.15) is 36.5 Å². The van der Waals surface area contributed by atoms with E-state index in [9.17, 15) is 9.59 Å². The van der Waals surface area contributed by atoms with Gasteiger partial charge in [-0.15, -0.1) is 0 Å². The molecule has 5 rings (SSSR count). The number of pyridine rings is 1. The molecule has 0 radical (unpaired) electrons. The lowest BCUT2D eigenvalue weighted by Crippen LogP contribution is -2.36. The number of piperidine rings is 1. The number of benzene rings is 1. The van der Waals surface area contributed by atoms with Gasteiger partial charge in [0.2, 0.25) is 0 Å². The van der Waals surface area contributed by atoms with E-state index in [1.54, 1.807) is 28.7 Å². The second kappa shape index (κ2) is 10.7. The molecule has 7 nitrogen and oxygen atoms in total. The van der Waals surface area contributed by atoms with Gasteiger partial charge in [-0.2, -0.15) is 0 Å². The Bertz CT molecular complexity index is 1440. The normalized spacial score (nSPS) is 17.9. The van der Waals surface area contributed by atoms with E-state index < -0.39 is 0 Å². The number of anilines is 1. The number of aromatic nitrogens is 2. The summed E-state index contributed by atoms with van der Waals surface area (Å²) >= 11 is 6.81. The van der Waals surface area contributed by atoms with E-state index >= 15 is 0 Å². The van der Waals surface area contributed by atoms with Crippen molar-refractivity contribution >= 4 is 51.7 Å². The van der Waals surface area contributed by atoms with Crippen LogP contribution in [0, 0.1) is 12.8 Å². The van der Waals surface area contributed by atoms with Gasteiger partial charge in [0.1, 0.15) is 21.5 Å². The Balaban J connectivity index is 1.47. The van der Waals surface area contributed by atoms with E-state index in [1.807, 2.05) is 43.3 Å². The van der Waals surface area contributed by atoms with Crippen molar-refractivity contribution in [1.82, 2.24) is 14.3 Å². The number of aryl methyl sites for hydroxylation is 1. The fourth-order valence-corrected chi connectivity index (χ4v) is 5.98. The van der Waals surface area contributed by atoms with E-state index in [2.05, 4.69) is 11.8 Å². The first-order valence-electron chi connectivity index (χ1n) is 12.5. The lowest BCUT2D eigenvalue weighted by Gasteiger charge is -2.32. The average Bonchev–Trinajstić information content (AvgIpc) is 3.17. The first-order valence-corrected chi connectivity index (χ1v) is 13.7. The molecule has 3 aromatic rings. The maximum Gasteiger partial charge on any atom is 0.267 e. The van der Waals surface area contributed by atoms with Crippen molar-refractivity contribution in [3.8, 4) is 5.75 Å². The second-order valence-corrected chi connectivity index (χ2v) is 11.4. The molecule has 1 aromatic carbocycles. The van der Waals surface area contributed by atoms with Gasteiger partial charge in [-0.1, -0.05) is 49.1 Å². The molecule has 2 aliphatic heterocycles. The highest BCUT2D eigenvalue weighted by atomic mass is 32.2. The summed E-state index contributed by atoms with van der Waals surface area (Å²) in [6.07, 6.45) is 6.25. The van der Waals surface area contributed by atoms with E-state index in [4.69, 9.17) is 21.9 Å². The van der Waals surface area contributed by atoms with Crippen LogP contribution in [-0.2, 0) is 11.2 Å². The molecule has 0 bridgehead atoms. The van der Waals surface area contributed by atoms with Crippen LogP contribution in [0.15, 0.2) is 52.3 Å². The van der Waals surface area contributed by atoms with Crippen LogP contribution in [0.25, 0.3) is 11.7 Å². The summed E-state index contributed by atoms with van der Waals surface area (Å²) in [6.45, 7) is 6.33. The third kappa shape index (κ3) is 5.29. The molecule has 9 heteroatoms. The number of hydrogen-bond donors (Lipinski definition) is 0. The molecule has 0 saturated carbocycles. The van der Waals surface area contributed by atoms with Gasteiger partial charge in [0, 0.05) is 25.8 Å². The maximum atomic E-state index is 13.7. The van der Waals surface area contributed by atoms with Gasteiger partial charge >= 0.3 is 0 Å². The largest absolute Gasteiger partial charge is 0.497 e. The molecule has 0 spiro atoms. The van der Waals surface area contributed by atoms with Crippen molar-refractivity contribution in [2.45, 2.75) is 33.1 Å². The number of amides is 1. The van der Waals surface area contributed by atoms with E-state index in [0.717, 1.165) is 42.8 Å². The Morgan fingerprint density at radius 1 is 1.14 bits per heavy atom. The van der Waals surface area contributed by atoms with Gasteiger partial charge in [-0.3, -0.25) is 18.9 Å². The zero-order valence-corrected chi connectivity index (χ0v) is 22.9. The minimum atomic E-state index is -0.175. The molecule has 2 saturated heterocycles. The second-order valence-electron chi connectivity index (χ2n) is 9.69. The van der Waals surface area contributed by atoms with Crippen molar-refractivity contribution in [1.29, 1.82) is 0 Å². The molecule has 0 N–H and O–H groups in total. The molecule has 192 valence electrons. The van der Waals surface area contributed by atoms with Crippen molar-refractivity contribution in [3.05, 3.63) is 74.5 Å². The van der Waals surface area contributed by atoms with E-state index in [1.165, 1.54) is 11.8 Å². The molecule has 4 heterocycles. The highest BCUT2D eigenvalue weighted by Crippen LogP contribution is 2.34. The average molecular weight is 535 g/mol. The van der Waals surface area contributed by atoms with Gasteiger partial charge in [-0.25, -0.2) is 4.98 Å². The number of fused-ring (bicyclic) bond motifs is 1. The summed E-state index contributed by atoms with van der Waals surface area (Å²) in [5, 5.41) is 0. The Morgan fingerprint density at radius 3 is 2.57 bits per heavy atom. The van der Waals surface area contributed by atoms with Gasteiger partial charge < -0.3 is 9.64 Å². The Hall–Kier alpha value is -3.17. The van der Waals surface area contributed by atoms with E-state index in [-0.39, 0.29) is 11.5 Å². The molecule has 2 aromatic heterocycles. The van der Waals surface area contributed by atoms with Crippen LogP contribution in [0.5, 0.6) is 5.75 Å². The topological polar surface area (TPSA) is 67.2 Å². The monoisotopic (exact) mass is 534 g/mol. The first-order chi connectivity index (χ1) is 17.8. The fourth-order valence-electron chi connectivity index (χ4n) is 4.69. The van der Waals surface area contributed by atoms with Crippen molar-refractivity contribution in [3.63, 3.8) is 0 Å². The highest BCUT2D eigenvalue weighted by Gasteiger charge is 2.33. The number of carbonyl (C=O) groups excluding carboxylic acids is 1. The number of methoxy groups -OCH3 is 1. The van der Waals surface area contributed by atoms with Crippen LogP contribution >= 0.6 is 24.0 Å². The molecule has 37 heavy (non-hydrogen) atoms. The molecular formula is C28H30N4O3S2. The number of thiocarbonyl (C=S) groups is 1. The highest BCUT2D eigenvalue weighted by molar-refractivity contribution is 8.26. The summed E-state index contributed by atoms with van der Waals surface area (Å²) in [6, 6.07) is 11.6. The van der Waals surface area contributed by atoms with Crippen molar-refractivity contribution in [2.75, 3.05) is 31.6 Å². The Kier molecular flexibility index (Phi) is 7.35. The third-order valence-electron chi connectivity index (χ3n) is 7.00. The van der Waals surface area contributed by atoms with Crippen molar-refractivity contribution in [2.24, 2.45) is 5.92 Å². The van der Waals surface area contributed by atoms with E-state index in [0.29, 0.717) is 45.1 Å². The number of nitrogens with zero attached hydrogens (tertiary/aromatic N) is 4. The lowest BCUT2D eigenvalue weighted by atomic mass is 9.99. The minimum Gasteiger partial charge on any atom is -0.497 e. The standard InChI is InChI=1S/C28H30N4O3S2/c1-18-10-13-30(14-11-18)25-22(26(33)32-17-19(2)4-9-24(32)29-25)16-23-27(34)31(28(36)37-23)15-12-20-5-7-21(35-3)8-6-20/h4-9,16-18H,10-15H2,1-3H3/b23-16+. The Morgan fingerprint density at radius 2 is 1.86 bits per heavy atom. The quantitative estimate of drug-likeness (QED) is 0.336. The van der Waals surface area contributed by atoms with Crippen molar-refractivity contribution < 1.29 is 9.53 Å². The summed E-state index contributed by atoms with van der Waals surface area (Å²) in [4.78, 5) is 36.2. The third-order valence-corrected chi connectivity index (χ3v) is 8.38. The van der Waals surface area contributed by atoms with Gasteiger partial charge in [-0.05, 0) is 67.5 Å². The zero-order valence-electron chi connectivity index (χ0n) is 21.3. The molecule has 1 amide bonds. The number of carbonyl (C=O) groups is 1. The minimum absolute atomic E-state index is 0.171. The summed E-state index contributed by atoms with van der Waals surface area (Å²) in [5.41, 5.74) is 2.92. The van der Waals surface area contributed by atoms with Gasteiger partial charge in [0.05, 0.1) is 17.6 Å². The van der Waals surface area contributed by atoms with Gasteiger partial charge in [0.15, 0.2) is 0 Å².